The number of carbonyl (C=O) groups is 1. The second-order valence-corrected chi connectivity index (χ2v) is 17.5. The van der Waals surface area contributed by atoms with Gasteiger partial charge < -0.3 is 28.7 Å². The summed E-state index contributed by atoms with van der Waals surface area (Å²) in [6, 6.07) is 12.9. The molecule has 3 aromatic heterocycles. The van der Waals surface area contributed by atoms with Crippen molar-refractivity contribution in [3.63, 3.8) is 0 Å². The summed E-state index contributed by atoms with van der Waals surface area (Å²) in [6.07, 6.45) is 7.62. The molecule has 1 amide bonds. The minimum Gasteiger partial charge on any atom is -0.445 e. The van der Waals surface area contributed by atoms with Gasteiger partial charge in [-0.25, -0.2) is 14.8 Å². The van der Waals surface area contributed by atoms with Crippen molar-refractivity contribution < 1.29 is 18.7 Å². The number of likely N-dealkylation sites (tertiary alicyclic amines) is 1. The van der Waals surface area contributed by atoms with E-state index in [2.05, 4.69) is 42.9 Å². The van der Waals surface area contributed by atoms with Crippen LogP contribution >= 0.6 is 0 Å². The Balaban J connectivity index is 1.34. The maximum Gasteiger partial charge on any atom is 0.410 e. The van der Waals surface area contributed by atoms with E-state index in [1.807, 2.05) is 41.1 Å². The first-order chi connectivity index (χ1) is 19.3. The number of benzene rings is 1. The first-order valence-electron chi connectivity index (χ1n) is 13.9. The Morgan fingerprint density at radius 3 is 2.73 bits per heavy atom. The van der Waals surface area contributed by atoms with Gasteiger partial charge in [-0.1, -0.05) is 56.9 Å². The molecule has 1 saturated heterocycles. The highest BCUT2D eigenvalue weighted by Crippen LogP contribution is 2.35. The van der Waals surface area contributed by atoms with E-state index >= 15 is 0 Å². The van der Waals surface area contributed by atoms with Crippen molar-refractivity contribution in [2.24, 2.45) is 5.92 Å². The highest BCUT2D eigenvalue weighted by Gasteiger charge is 2.30. The monoisotopic (exact) mass is 561 g/mol. The fourth-order valence-corrected chi connectivity index (χ4v) is 5.83. The third-order valence-electron chi connectivity index (χ3n) is 7.15. The number of hydrogen-bond acceptors (Lipinski definition) is 7. The van der Waals surface area contributed by atoms with Crippen LogP contribution in [0.2, 0.25) is 25.7 Å². The molecule has 1 aliphatic rings. The molecule has 2 unspecified atom stereocenters. The van der Waals surface area contributed by atoms with E-state index in [0.29, 0.717) is 31.6 Å². The predicted molar refractivity (Wildman–Crippen MR) is 159 cm³/mol. The second-order valence-electron chi connectivity index (χ2n) is 11.9. The van der Waals surface area contributed by atoms with Crippen molar-refractivity contribution in [3.8, 4) is 11.5 Å². The van der Waals surface area contributed by atoms with Gasteiger partial charge in [0.25, 0.3) is 0 Å². The molecule has 2 atom stereocenters. The number of aromatic nitrogens is 3. The molecule has 1 aliphatic heterocycles. The maximum atomic E-state index is 13.0. The minimum absolute atomic E-state index is 0.0173. The van der Waals surface area contributed by atoms with Crippen LogP contribution in [0.3, 0.4) is 0 Å². The smallest absolute Gasteiger partial charge is 0.410 e. The zero-order valence-corrected chi connectivity index (χ0v) is 24.8. The number of anilines is 1. The standard InChI is InChI=1S/C30H39N5O4Si/c1-22-16-24(19-35(18-22)30(36)39-20-23-8-6-5-7-9-23)33-27-25-10-12-34(21-37-14-15-40(2,3)4)28(25)32-17-26(27)29-31-11-13-38-29/h5-13,17,22,24H,14-16,18-21H2,1-4H3,(H,32,33). The van der Waals surface area contributed by atoms with Crippen LogP contribution in [0.4, 0.5) is 10.5 Å². The van der Waals surface area contributed by atoms with Crippen LogP contribution in [0.1, 0.15) is 18.9 Å². The van der Waals surface area contributed by atoms with Gasteiger partial charge in [0, 0.05) is 51.6 Å². The number of nitrogens with one attached hydrogen (secondary N) is 1. The Morgan fingerprint density at radius 1 is 1.15 bits per heavy atom. The number of piperidine rings is 1. The van der Waals surface area contributed by atoms with Gasteiger partial charge in [0.15, 0.2) is 0 Å². The molecule has 0 saturated carbocycles. The van der Waals surface area contributed by atoms with E-state index in [1.165, 1.54) is 0 Å². The topological polar surface area (TPSA) is 94.6 Å². The summed E-state index contributed by atoms with van der Waals surface area (Å²) in [5.41, 5.74) is 3.48. The molecule has 9 nitrogen and oxygen atoms in total. The van der Waals surface area contributed by atoms with Gasteiger partial charge in [0.1, 0.15) is 25.2 Å². The van der Waals surface area contributed by atoms with Crippen LogP contribution in [0.15, 0.2) is 65.7 Å². The van der Waals surface area contributed by atoms with Crippen molar-refractivity contribution in [2.75, 3.05) is 25.0 Å². The van der Waals surface area contributed by atoms with Crippen LogP contribution in [0.5, 0.6) is 0 Å². The molecule has 212 valence electrons. The van der Waals surface area contributed by atoms with Gasteiger partial charge in [-0.3, -0.25) is 0 Å². The van der Waals surface area contributed by atoms with Gasteiger partial charge in [0.2, 0.25) is 5.89 Å². The summed E-state index contributed by atoms with van der Waals surface area (Å²) in [6.45, 7) is 11.9. The van der Waals surface area contributed by atoms with Crippen LogP contribution in [0.25, 0.3) is 22.5 Å². The zero-order chi connectivity index (χ0) is 28.1. The summed E-state index contributed by atoms with van der Waals surface area (Å²) in [5, 5.41) is 4.69. The molecule has 5 rings (SSSR count). The Hall–Kier alpha value is -3.63. The molecule has 0 bridgehead atoms. The number of carbonyl (C=O) groups excluding carboxylic acids is 1. The molecule has 10 heteroatoms. The summed E-state index contributed by atoms with van der Waals surface area (Å²) in [5.74, 6) is 0.807. The van der Waals surface area contributed by atoms with Crippen molar-refractivity contribution in [2.45, 2.75) is 58.4 Å². The maximum absolute atomic E-state index is 13.0. The molecule has 0 spiro atoms. The van der Waals surface area contributed by atoms with E-state index in [-0.39, 0.29) is 18.7 Å². The number of rotatable bonds is 10. The molecule has 4 heterocycles. The van der Waals surface area contributed by atoms with Crippen LogP contribution in [-0.2, 0) is 22.8 Å². The first kappa shape index (κ1) is 27.9. The van der Waals surface area contributed by atoms with Crippen molar-refractivity contribution in [1.29, 1.82) is 0 Å². The normalized spacial score (nSPS) is 17.8. The molecule has 40 heavy (non-hydrogen) atoms. The lowest BCUT2D eigenvalue weighted by molar-refractivity contribution is 0.0784. The molecule has 1 aromatic carbocycles. The molecular formula is C30H39N5O4Si. The fraction of sp³-hybridized carbons (Fsp3) is 0.433. The van der Waals surface area contributed by atoms with Crippen molar-refractivity contribution in [3.05, 3.63) is 66.8 Å². The van der Waals surface area contributed by atoms with Crippen molar-refractivity contribution >= 4 is 30.9 Å². The van der Waals surface area contributed by atoms with Crippen LogP contribution in [0, 0.1) is 5.92 Å². The second kappa shape index (κ2) is 12.3. The fourth-order valence-electron chi connectivity index (χ4n) is 5.08. The van der Waals surface area contributed by atoms with E-state index in [1.54, 1.807) is 23.6 Å². The summed E-state index contributed by atoms with van der Waals surface area (Å²) < 4.78 is 19.4. The van der Waals surface area contributed by atoms with Crippen LogP contribution < -0.4 is 5.32 Å². The lowest BCUT2D eigenvalue weighted by Crippen LogP contribution is -2.48. The number of pyridine rings is 1. The SMILES string of the molecule is CC1CC(Nc2c(-c3ncco3)cnc3c2ccn3COCC[Si](C)(C)C)CN(C(=O)OCc2ccccc2)C1. The van der Waals surface area contributed by atoms with Gasteiger partial charge in [-0.2, -0.15) is 0 Å². The molecule has 0 radical (unpaired) electrons. The van der Waals surface area contributed by atoms with E-state index in [0.717, 1.165) is 46.9 Å². The number of oxazole rings is 1. The number of hydrogen-bond donors (Lipinski definition) is 1. The predicted octanol–water partition coefficient (Wildman–Crippen LogP) is 6.46. The highest BCUT2D eigenvalue weighted by atomic mass is 28.3. The van der Waals surface area contributed by atoms with Gasteiger partial charge >= 0.3 is 6.09 Å². The lowest BCUT2D eigenvalue weighted by Gasteiger charge is -2.36. The summed E-state index contributed by atoms with van der Waals surface area (Å²) >= 11 is 0. The molecule has 4 aromatic rings. The lowest BCUT2D eigenvalue weighted by atomic mass is 9.95. The first-order valence-corrected chi connectivity index (χ1v) is 17.6. The summed E-state index contributed by atoms with van der Waals surface area (Å²) in [7, 11) is -1.16. The van der Waals surface area contributed by atoms with Gasteiger partial charge in [-0.05, 0) is 30.0 Å². The summed E-state index contributed by atoms with van der Waals surface area (Å²) in [4.78, 5) is 23.9. The Morgan fingerprint density at radius 2 is 1.98 bits per heavy atom. The van der Waals surface area contributed by atoms with Crippen LogP contribution in [-0.4, -0.2) is 59.3 Å². The van der Waals surface area contributed by atoms with E-state index in [9.17, 15) is 4.79 Å². The average molecular weight is 562 g/mol. The number of ether oxygens (including phenoxy) is 2. The van der Waals surface area contributed by atoms with Crippen molar-refractivity contribution in [1.82, 2.24) is 19.4 Å². The third kappa shape index (κ3) is 6.92. The quantitative estimate of drug-likeness (QED) is 0.175. The van der Waals surface area contributed by atoms with E-state index < -0.39 is 8.07 Å². The molecule has 0 aliphatic carbocycles. The highest BCUT2D eigenvalue weighted by molar-refractivity contribution is 6.76. The van der Waals surface area contributed by atoms with Gasteiger partial charge in [-0.15, -0.1) is 0 Å². The Bertz CT molecular complexity index is 1400. The molecule has 1 N–H and O–H groups in total. The number of nitrogens with zero attached hydrogens (tertiary/aromatic N) is 4. The Kier molecular flexibility index (Phi) is 8.56. The number of amides is 1. The Labute approximate surface area is 236 Å². The molecule has 1 fully saturated rings. The zero-order valence-electron chi connectivity index (χ0n) is 23.8. The molecular weight excluding hydrogens is 522 g/mol. The minimum atomic E-state index is -1.16. The number of fused-ring (bicyclic) bond motifs is 1. The third-order valence-corrected chi connectivity index (χ3v) is 8.85. The largest absolute Gasteiger partial charge is 0.445 e. The average Bonchev–Trinajstić information content (AvgIpc) is 3.60. The van der Waals surface area contributed by atoms with E-state index in [4.69, 9.17) is 18.9 Å². The van der Waals surface area contributed by atoms with Gasteiger partial charge in [0.05, 0.1) is 17.4 Å².